The van der Waals surface area contributed by atoms with Crippen LogP contribution in [0.4, 0.5) is 0 Å². The van der Waals surface area contributed by atoms with Crippen LogP contribution in [-0.4, -0.2) is 29.6 Å². The molecule has 2 aromatic heterocycles. The molecule has 21 heavy (non-hydrogen) atoms. The van der Waals surface area contributed by atoms with Crippen LogP contribution >= 0.6 is 0 Å². The second-order valence-corrected chi connectivity index (χ2v) is 6.48. The minimum absolute atomic E-state index is 0.0235. The van der Waals surface area contributed by atoms with Crippen molar-refractivity contribution in [3.05, 3.63) is 48.3 Å². The summed E-state index contributed by atoms with van der Waals surface area (Å²) in [5, 5.41) is 8.65. The van der Waals surface area contributed by atoms with Crippen LogP contribution in [0.1, 0.15) is 17.9 Å². The Morgan fingerprint density at radius 1 is 1.10 bits per heavy atom. The lowest BCUT2D eigenvalue weighted by Crippen LogP contribution is -2.32. The van der Waals surface area contributed by atoms with Crippen molar-refractivity contribution >= 4 is 16.0 Å². The van der Waals surface area contributed by atoms with E-state index in [2.05, 4.69) is 0 Å². The standard InChI is InChI=1S/C13H15NO6S/c15-13(16)5-8-21(17,18)14(9-11-3-1-6-19-11)10-12-4-2-7-20-12/h1-4,6-7H,5,8-10H2,(H,15,16). The number of furan rings is 2. The van der Waals surface area contributed by atoms with E-state index in [4.69, 9.17) is 13.9 Å². The molecule has 7 nitrogen and oxygen atoms in total. The van der Waals surface area contributed by atoms with Crippen molar-refractivity contribution in [3.63, 3.8) is 0 Å². The Balaban J connectivity index is 2.15. The third kappa shape index (κ3) is 4.47. The van der Waals surface area contributed by atoms with Crippen molar-refractivity contribution in [1.29, 1.82) is 0 Å². The summed E-state index contributed by atoms with van der Waals surface area (Å²) in [5.41, 5.74) is 0. The third-order valence-electron chi connectivity index (χ3n) is 2.79. The average Bonchev–Trinajstić information content (AvgIpc) is 3.09. The fourth-order valence-electron chi connectivity index (χ4n) is 1.75. The van der Waals surface area contributed by atoms with Gasteiger partial charge in [-0.2, -0.15) is 4.31 Å². The van der Waals surface area contributed by atoms with Gasteiger partial charge in [-0.05, 0) is 24.3 Å². The summed E-state index contributed by atoms with van der Waals surface area (Å²) < 4.78 is 36.0. The summed E-state index contributed by atoms with van der Waals surface area (Å²) in [6.45, 7) is 0.0469. The Hall–Kier alpha value is -2.06. The highest BCUT2D eigenvalue weighted by molar-refractivity contribution is 7.89. The maximum absolute atomic E-state index is 12.3. The zero-order valence-electron chi connectivity index (χ0n) is 11.1. The lowest BCUT2D eigenvalue weighted by molar-refractivity contribution is -0.136. The molecule has 1 N–H and O–H groups in total. The molecule has 0 spiro atoms. The van der Waals surface area contributed by atoms with Crippen LogP contribution in [0.15, 0.2) is 45.6 Å². The fourth-order valence-corrected chi connectivity index (χ4v) is 3.09. The van der Waals surface area contributed by atoms with Gasteiger partial charge in [0.1, 0.15) is 11.5 Å². The minimum atomic E-state index is -3.74. The van der Waals surface area contributed by atoms with E-state index >= 15 is 0 Å². The fraction of sp³-hybridized carbons (Fsp3) is 0.308. The molecule has 0 aliphatic heterocycles. The van der Waals surface area contributed by atoms with Gasteiger partial charge in [-0.1, -0.05) is 0 Å². The predicted octanol–water partition coefficient (Wildman–Crippen LogP) is 1.68. The summed E-state index contributed by atoms with van der Waals surface area (Å²) in [4.78, 5) is 10.6. The first-order chi connectivity index (χ1) is 9.97. The van der Waals surface area contributed by atoms with E-state index in [1.54, 1.807) is 24.3 Å². The Labute approximate surface area is 121 Å². The lowest BCUT2D eigenvalue weighted by atomic mass is 10.4. The van der Waals surface area contributed by atoms with Gasteiger partial charge < -0.3 is 13.9 Å². The number of sulfonamides is 1. The Morgan fingerprint density at radius 3 is 2.00 bits per heavy atom. The summed E-state index contributed by atoms with van der Waals surface area (Å²) in [5.74, 6) is -0.681. The van der Waals surface area contributed by atoms with Crippen LogP contribution in [-0.2, 0) is 27.9 Å². The number of carboxylic acids is 1. The quantitative estimate of drug-likeness (QED) is 0.795. The van der Waals surface area contributed by atoms with E-state index in [0.29, 0.717) is 11.5 Å². The molecule has 114 valence electrons. The van der Waals surface area contributed by atoms with E-state index in [0.717, 1.165) is 4.31 Å². The van der Waals surface area contributed by atoms with Crippen molar-refractivity contribution in [3.8, 4) is 0 Å². The smallest absolute Gasteiger partial charge is 0.304 e. The zero-order chi connectivity index (χ0) is 15.3. The maximum Gasteiger partial charge on any atom is 0.304 e. The first-order valence-corrected chi connectivity index (χ1v) is 7.82. The van der Waals surface area contributed by atoms with E-state index in [1.807, 2.05) is 0 Å². The molecule has 0 saturated heterocycles. The van der Waals surface area contributed by atoms with Gasteiger partial charge >= 0.3 is 5.97 Å². The number of aliphatic carboxylic acids is 1. The normalized spacial score (nSPS) is 11.9. The van der Waals surface area contributed by atoms with Gasteiger partial charge in [0.15, 0.2) is 0 Å². The number of nitrogens with zero attached hydrogens (tertiary/aromatic N) is 1. The van der Waals surface area contributed by atoms with Gasteiger partial charge in [0.25, 0.3) is 0 Å². The molecule has 0 unspecified atom stereocenters. The molecule has 0 bridgehead atoms. The molecule has 2 heterocycles. The topological polar surface area (TPSA) is 101 Å². The molecular weight excluding hydrogens is 298 g/mol. The molecular formula is C13H15NO6S. The van der Waals surface area contributed by atoms with Crippen LogP contribution in [0.5, 0.6) is 0 Å². The molecule has 2 rings (SSSR count). The summed E-state index contributed by atoms with van der Waals surface area (Å²) >= 11 is 0. The largest absolute Gasteiger partial charge is 0.481 e. The molecule has 0 aliphatic carbocycles. The molecule has 0 aromatic carbocycles. The van der Waals surface area contributed by atoms with Gasteiger partial charge in [0, 0.05) is 0 Å². The number of hydrogen-bond acceptors (Lipinski definition) is 5. The highest BCUT2D eigenvalue weighted by Crippen LogP contribution is 2.16. The van der Waals surface area contributed by atoms with Crippen molar-refractivity contribution in [2.45, 2.75) is 19.5 Å². The third-order valence-corrected chi connectivity index (χ3v) is 4.56. The van der Waals surface area contributed by atoms with Crippen LogP contribution < -0.4 is 0 Å². The zero-order valence-corrected chi connectivity index (χ0v) is 12.0. The van der Waals surface area contributed by atoms with E-state index in [9.17, 15) is 13.2 Å². The second-order valence-electron chi connectivity index (χ2n) is 4.39. The monoisotopic (exact) mass is 313 g/mol. The molecule has 0 saturated carbocycles. The van der Waals surface area contributed by atoms with Crippen molar-refractivity contribution < 1.29 is 27.2 Å². The molecule has 0 aliphatic rings. The van der Waals surface area contributed by atoms with Crippen LogP contribution in [0.2, 0.25) is 0 Å². The van der Waals surface area contributed by atoms with Crippen molar-refractivity contribution in [2.24, 2.45) is 0 Å². The van der Waals surface area contributed by atoms with E-state index < -0.39 is 28.2 Å². The summed E-state index contributed by atoms with van der Waals surface area (Å²) in [7, 11) is -3.74. The number of carbonyl (C=O) groups is 1. The predicted molar refractivity (Wildman–Crippen MR) is 72.7 cm³/mol. The molecule has 2 aromatic rings. The van der Waals surface area contributed by atoms with Crippen LogP contribution in [0.25, 0.3) is 0 Å². The second kappa shape index (κ2) is 6.59. The lowest BCUT2D eigenvalue weighted by Gasteiger charge is -2.19. The summed E-state index contributed by atoms with van der Waals surface area (Å²) in [6, 6.07) is 6.62. The van der Waals surface area contributed by atoms with Gasteiger partial charge in [0.05, 0.1) is 37.8 Å². The maximum atomic E-state index is 12.3. The van der Waals surface area contributed by atoms with Crippen molar-refractivity contribution in [2.75, 3.05) is 5.75 Å². The molecule has 0 fully saturated rings. The number of hydrogen-bond donors (Lipinski definition) is 1. The first-order valence-electron chi connectivity index (χ1n) is 6.22. The molecule has 0 radical (unpaired) electrons. The Kier molecular flexibility index (Phi) is 4.81. The highest BCUT2D eigenvalue weighted by atomic mass is 32.2. The van der Waals surface area contributed by atoms with Crippen molar-refractivity contribution in [1.82, 2.24) is 4.31 Å². The van der Waals surface area contributed by atoms with E-state index in [1.165, 1.54) is 12.5 Å². The Morgan fingerprint density at radius 2 is 1.62 bits per heavy atom. The van der Waals surface area contributed by atoms with Gasteiger partial charge in [-0.3, -0.25) is 4.79 Å². The minimum Gasteiger partial charge on any atom is -0.481 e. The van der Waals surface area contributed by atoms with Gasteiger partial charge in [-0.25, -0.2) is 8.42 Å². The number of carboxylic acid groups (broad SMARTS) is 1. The van der Waals surface area contributed by atoms with Gasteiger partial charge in [-0.15, -0.1) is 0 Å². The van der Waals surface area contributed by atoms with Crippen LogP contribution in [0.3, 0.4) is 0 Å². The average molecular weight is 313 g/mol. The number of rotatable bonds is 8. The molecule has 0 amide bonds. The molecule has 0 atom stereocenters. The highest BCUT2D eigenvalue weighted by Gasteiger charge is 2.25. The molecule has 8 heteroatoms. The Bertz CT molecular complexity index is 623. The van der Waals surface area contributed by atoms with E-state index in [-0.39, 0.29) is 13.1 Å². The SMILES string of the molecule is O=C(O)CCS(=O)(=O)N(Cc1ccco1)Cc1ccco1. The first kappa shape index (κ1) is 15.3. The van der Waals surface area contributed by atoms with Crippen LogP contribution in [0, 0.1) is 0 Å². The van der Waals surface area contributed by atoms with Gasteiger partial charge in [0.2, 0.25) is 10.0 Å². The summed E-state index contributed by atoms with van der Waals surface area (Å²) in [6.07, 6.45) is 2.45.